The smallest absolute Gasteiger partial charge is 0.187 e. The van der Waals surface area contributed by atoms with Crippen LogP contribution in [0.4, 0.5) is 5.13 Å². The molecule has 0 aliphatic carbocycles. The quantitative estimate of drug-likeness (QED) is 0.804. The zero-order valence-electron chi connectivity index (χ0n) is 8.61. The van der Waals surface area contributed by atoms with Crippen molar-refractivity contribution in [3.63, 3.8) is 0 Å². The van der Waals surface area contributed by atoms with Gasteiger partial charge in [-0.25, -0.2) is 4.98 Å². The topological polar surface area (TPSA) is 56.6 Å². The van der Waals surface area contributed by atoms with Crippen molar-refractivity contribution in [3.8, 4) is 0 Å². The normalized spacial score (nSPS) is 10.7. The van der Waals surface area contributed by atoms with E-state index in [2.05, 4.69) is 11.9 Å². The number of hydrogen-bond acceptors (Lipinski definition) is 5. The Bertz CT molecular complexity index is 300. The number of aromatic nitrogens is 1. The highest BCUT2D eigenvalue weighted by molar-refractivity contribution is 7.16. The monoisotopic (exact) mass is 250 g/mol. The lowest BCUT2D eigenvalue weighted by Gasteiger charge is -2.19. The fraction of sp³-hybridized carbons (Fsp3) is 0.667. The molecule has 0 bridgehead atoms. The zero-order chi connectivity index (χ0) is 11.3. The van der Waals surface area contributed by atoms with Crippen LogP contribution in [0.15, 0.2) is 0 Å². The first-order valence-corrected chi connectivity index (χ1v) is 6.04. The van der Waals surface area contributed by atoms with Crippen LogP contribution in [-0.4, -0.2) is 34.9 Å². The summed E-state index contributed by atoms with van der Waals surface area (Å²) < 4.78 is 0. The van der Waals surface area contributed by atoms with Crippen molar-refractivity contribution in [3.05, 3.63) is 10.0 Å². The molecule has 1 aromatic heterocycles. The van der Waals surface area contributed by atoms with Crippen LogP contribution in [0.25, 0.3) is 0 Å². The number of aliphatic hydroxyl groups is 2. The van der Waals surface area contributed by atoms with E-state index >= 15 is 0 Å². The Morgan fingerprint density at radius 2 is 2.13 bits per heavy atom. The van der Waals surface area contributed by atoms with E-state index in [1.165, 1.54) is 11.3 Å². The summed E-state index contributed by atoms with van der Waals surface area (Å²) in [7, 11) is 0. The van der Waals surface area contributed by atoms with Crippen molar-refractivity contribution in [2.75, 3.05) is 24.6 Å². The van der Waals surface area contributed by atoms with Gasteiger partial charge in [-0.15, -0.1) is 0 Å². The van der Waals surface area contributed by atoms with Crippen molar-refractivity contribution in [1.82, 2.24) is 4.98 Å². The molecule has 0 radical (unpaired) electrons. The molecular weight excluding hydrogens is 236 g/mol. The Balaban J connectivity index is 2.80. The maximum absolute atomic E-state index is 8.99. The van der Waals surface area contributed by atoms with Crippen LogP contribution in [0.5, 0.6) is 0 Å². The third-order valence-corrected chi connectivity index (χ3v) is 3.44. The number of thiazole rings is 1. The standard InChI is InChI=1S/C9H15ClN2O2S/c1-2-3-12(4-5-13)9-11-8(10)7(6-14)15-9/h13-14H,2-6H2,1H3. The third kappa shape index (κ3) is 3.31. The lowest BCUT2D eigenvalue weighted by Crippen LogP contribution is -2.27. The number of halogens is 1. The number of nitrogens with zero attached hydrogens (tertiary/aromatic N) is 2. The van der Waals surface area contributed by atoms with Crippen LogP contribution in [0.1, 0.15) is 18.2 Å². The number of anilines is 1. The fourth-order valence-corrected chi connectivity index (χ4v) is 2.42. The second-order valence-corrected chi connectivity index (χ2v) is 4.50. The molecule has 0 spiro atoms. The summed E-state index contributed by atoms with van der Waals surface area (Å²) in [5, 5.41) is 19.0. The summed E-state index contributed by atoms with van der Waals surface area (Å²) in [6.07, 6.45) is 0.978. The van der Waals surface area contributed by atoms with E-state index in [0.29, 0.717) is 16.6 Å². The van der Waals surface area contributed by atoms with Crippen molar-refractivity contribution < 1.29 is 10.2 Å². The van der Waals surface area contributed by atoms with E-state index in [1.54, 1.807) is 0 Å². The van der Waals surface area contributed by atoms with Crippen molar-refractivity contribution >= 4 is 28.1 Å². The van der Waals surface area contributed by atoms with Gasteiger partial charge < -0.3 is 15.1 Å². The molecule has 0 saturated carbocycles. The molecule has 0 fully saturated rings. The molecule has 0 aromatic carbocycles. The van der Waals surface area contributed by atoms with E-state index in [4.69, 9.17) is 21.8 Å². The predicted octanol–water partition coefficient (Wildman–Crippen LogP) is 1.50. The minimum Gasteiger partial charge on any atom is -0.395 e. The molecule has 1 rings (SSSR count). The van der Waals surface area contributed by atoms with E-state index in [0.717, 1.165) is 18.1 Å². The largest absolute Gasteiger partial charge is 0.395 e. The van der Waals surface area contributed by atoms with Crippen LogP contribution < -0.4 is 4.90 Å². The van der Waals surface area contributed by atoms with E-state index in [1.807, 2.05) is 4.90 Å². The Morgan fingerprint density at radius 3 is 2.60 bits per heavy atom. The Kier molecular flexibility index (Phi) is 5.31. The summed E-state index contributed by atoms with van der Waals surface area (Å²) >= 11 is 7.21. The lowest BCUT2D eigenvalue weighted by molar-refractivity contribution is 0.285. The zero-order valence-corrected chi connectivity index (χ0v) is 10.2. The first-order chi connectivity index (χ1) is 7.22. The lowest BCUT2D eigenvalue weighted by atomic mass is 10.4. The number of aliphatic hydroxyl groups excluding tert-OH is 2. The average Bonchev–Trinajstić information content (AvgIpc) is 2.59. The molecule has 15 heavy (non-hydrogen) atoms. The second-order valence-electron chi connectivity index (χ2n) is 3.08. The molecule has 4 nitrogen and oxygen atoms in total. The molecule has 0 aliphatic rings. The van der Waals surface area contributed by atoms with Gasteiger partial charge in [0.25, 0.3) is 0 Å². The molecule has 1 aromatic rings. The SMILES string of the molecule is CCCN(CCO)c1nc(Cl)c(CO)s1. The first kappa shape index (κ1) is 12.7. The predicted molar refractivity (Wildman–Crippen MR) is 62.6 cm³/mol. The fourth-order valence-electron chi connectivity index (χ4n) is 1.25. The number of hydrogen-bond donors (Lipinski definition) is 2. The third-order valence-electron chi connectivity index (χ3n) is 1.92. The van der Waals surface area contributed by atoms with E-state index in [9.17, 15) is 0 Å². The van der Waals surface area contributed by atoms with Crippen molar-refractivity contribution in [2.45, 2.75) is 20.0 Å². The highest BCUT2D eigenvalue weighted by Gasteiger charge is 2.13. The van der Waals surface area contributed by atoms with E-state index in [-0.39, 0.29) is 13.2 Å². The minimum atomic E-state index is -0.0877. The van der Waals surface area contributed by atoms with Gasteiger partial charge in [0.1, 0.15) is 5.15 Å². The summed E-state index contributed by atoms with van der Waals surface area (Å²) in [5.74, 6) is 0. The molecule has 0 atom stereocenters. The van der Waals surface area contributed by atoms with Gasteiger partial charge >= 0.3 is 0 Å². The molecule has 1 heterocycles. The van der Waals surface area contributed by atoms with Gasteiger partial charge in [-0.2, -0.15) is 0 Å². The maximum atomic E-state index is 8.99. The Hall–Kier alpha value is -0.360. The van der Waals surface area contributed by atoms with Crippen LogP contribution in [0, 0.1) is 0 Å². The molecule has 0 aliphatic heterocycles. The number of rotatable bonds is 6. The highest BCUT2D eigenvalue weighted by Crippen LogP contribution is 2.29. The highest BCUT2D eigenvalue weighted by atomic mass is 35.5. The molecule has 0 amide bonds. The van der Waals surface area contributed by atoms with Crippen LogP contribution in [-0.2, 0) is 6.61 Å². The Morgan fingerprint density at radius 1 is 1.40 bits per heavy atom. The maximum Gasteiger partial charge on any atom is 0.187 e. The molecule has 86 valence electrons. The van der Waals surface area contributed by atoms with Gasteiger partial charge in [0.15, 0.2) is 5.13 Å². The van der Waals surface area contributed by atoms with Crippen LogP contribution in [0.2, 0.25) is 5.15 Å². The van der Waals surface area contributed by atoms with Crippen molar-refractivity contribution in [2.24, 2.45) is 0 Å². The van der Waals surface area contributed by atoms with Crippen molar-refractivity contribution in [1.29, 1.82) is 0 Å². The summed E-state index contributed by atoms with van der Waals surface area (Å²) in [6.45, 7) is 3.44. The second kappa shape index (κ2) is 6.27. The van der Waals surface area contributed by atoms with Gasteiger partial charge in [-0.05, 0) is 6.42 Å². The van der Waals surface area contributed by atoms with Gasteiger partial charge in [0.2, 0.25) is 0 Å². The molecule has 2 N–H and O–H groups in total. The molecule has 6 heteroatoms. The van der Waals surface area contributed by atoms with Gasteiger partial charge in [-0.1, -0.05) is 29.9 Å². The van der Waals surface area contributed by atoms with Gasteiger partial charge in [0, 0.05) is 13.1 Å². The van der Waals surface area contributed by atoms with Gasteiger partial charge in [-0.3, -0.25) is 0 Å². The van der Waals surface area contributed by atoms with Crippen LogP contribution in [0.3, 0.4) is 0 Å². The Labute approximate surface area is 98.1 Å². The van der Waals surface area contributed by atoms with Gasteiger partial charge in [0.05, 0.1) is 18.1 Å². The molecular formula is C9H15ClN2O2S. The summed E-state index contributed by atoms with van der Waals surface area (Å²) in [4.78, 5) is 6.80. The summed E-state index contributed by atoms with van der Waals surface area (Å²) in [6, 6.07) is 0. The van der Waals surface area contributed by atoms with Crippen LogP contribution >= 0.6 is 22.9 Å². The van der Waals surface area contributed by atoms with E-state index < -0.39 is 0 Å². The molecule has 0 unspecified atom stereocenters. The average molecular weight is 251 g/mol. The summed E-state index contributed by atoms with van der Waals surface area (Å²) in [5.41, 5.74) is 0. The molecule has 0 saturated heterocycles. The minimum absolute atomic E-state index is 0.0877. The first-order valence-electron chi connectivity index (χ1n) is 4.84.